The van der Waals surface area contributed by atoms with E-state index >= 15 is 0 Å². The minimum Gasteiger partial charge on any atom is -0.349 e. The van der Waals surface area contributed by atoms with Crippen molar-refractivity contribution in [1.29, 1.82) is 0 Å². The Morgan fingerprint density at radius 2 is 1.57 bits per heavy atom. The zero-order chi connectivity index (χ0) is 15.2. The Labute approximate surface area is 126 Å². The van der Waals surface area contributed by atoms with E-state index in [1.165, 1.54) is 0 Å². The minimum atomic E-state index is -0.0459. The normalized spacial score (nSPS) is 13.8. The maximum Gasteiger partial charge on any atom is 0.253 e. The van der Waals surface area contributed by atoms with Gasteiger partial charge in [-0.2, -0.15) is 0 Å². The highest BCUT2D eigenvalue weighted by atomic mass is 16.2. The van der Waals surface area contributed by atoms with Gasteiger partial charge in [0.15, 0.2) is 0 Å². The Morgan fingerprint density at radius 1 is 1.05 bits per heavy atom. The van der Waals surface area contributed by atoms with Crippen molar-refractivity contribution in [2.75, 3.05) is 13.1 Å². The van der Waals surface area contributed by atoms with Crippen LogP contribution in [0.15, 0.2) is 24.3 Å². The number of nitrogens with one attached hydrogen (secondary N) is 1. The highest BCUT2D eigenvalue weighted by molar-refractivity contribution is 5.98. The topological polar surface area (TPSA) is 49.4 Å². The van der Waals surface area contributed by atoms with E-state index in [1.54, 1.807) is 24.3 Å². The van der Waals surface area contributed by atoms with E-state index in [4.69, 9.17) is 0 Å². The van der Waals surface area contributed by atoms with E-state index in [0.717, 1.165) is 38.8 Å². The molecule has 0 aromatic heterocycles. The fourth-order valence-corrected chi connectivity index (χ4v) is 2.30. The van der Waals surface area contributed by atoms with E-state index < -0.39 is 0 Å². The number of carbonyl (C=O) groups excluding carboxylic acids is 2. The lowest BCUT2D eigenvalue weighted by Crippen LogP contribution is -2.32. The number of nitrogens with zero attached hydrogens (tertiary/aromatic N) is 1. The molecule has 1 fully saturated rings. The molecule has 1 aliphatic rings. The van der Waals surface area contributed by atoms with E-state index in [-0.39, 0.29) is 11.8 Å². The second-order valence-electron chi connectivity index (χ2n) is 5.62. The average Bonchev–Trinajstić information content (AvgIpc) is 3.30. The molecule has 114 valence electrons. The first-order chi connectivity index (χ1) is 10.2. The van der Waals surface area contributed by atoms with Crippen LogP contribution in [0.1, 0.15) is 60.2 Å². The van der Waals surface area contributed by atoms with Crippen LogP contribution in [0.25, 0.3) is 0 Å². The second kappa shape index (κ2) is 7.25. The summed E-state index contributed by atoms with van der Waals surface area (Å²) >= 11 is 0. The van der Waals surface area contributed by atoms with Crippen LogP contribution in [0.2, 0.25) is 0 Å². The first-order valence-corrected chi connectivity index (χ1v) is 7.86. The molecular weight excluding hydrogens is 264 g/mol. The predicted octanol–water partition coefficient (Wildman–Crippen LogP) is 2.84. The number of amides is 2. The van der Waals surface area contributed by atoms with E-state index in [0.29, 0.717) is 17.2 Å². The van der Waals surface area contributed by atoms with Crippen LogP contribution < -0.4 is 5.32 Å². The van der Waals surface area contributed by atoms with Gasteiger partial charge in [0.1, 0.15) is 0 Å². The van der Waals surface area contributed by atoms with Crippen molar-refractivity contribution in [2.45, 2.75) is 45.6 Å². The minimum absolute atomic E-state index is 0.0459. The summed E-state index contributed by atoms with van der Waals surface area (Å²) in [6.07, 6.45) is 4.05. The van der Waals surface area contributed by atoms with Crippen LogP contribution in [0, 0.1) is 0 Å². The summed E-state index contributed by atoms with van der Waals surface area (Å²) in [5, 5.41) is 2.95. The molecule has 0 aliphatic heterocycles. The van der Waals surface area contributed by atoms with Crippen molar-refractivity contribution in [2.24, 2.45) is 0 Å². The first kappa shape index (κ1) is 15.5. The van der Waals surface area contributed by atoms with Gasteiger partial charge < -0.3 is 10.2 Å². The van der Waals surface area contributed by atoms with E-state index in [9.17, 15) is 9.59 Å². The van der Waals surface area contributed by atoms with Crippen LogP contribution in [-0.2, 0) is 0 Å². The van der Waals surface area contributed by atoms with Gasteiger partial charge in [-0.25, -0.2) is 0 Å². The van der Waals surface area contributed by atoms with Gasteiger partial charge in [0, 0.05) is 30.3 Å². The van der Waals surface area contributed by atoms with Crippen LogP contribution in [-0.4, -0.2) is 35.8 Å². The SMILES string of the molecule is CCCN(CCC)C(=O)c1ccc(C(=O)NC2CC2)cc1. The number of carbonyl (C=O) groups is 2. The van der Waals surface area contributed by atoms with Gasteiger partial charge in [-0.1, -0.05) is 13.8 Å². The Balaban J connectivity index is 2.02. The molecule has 1 N–H and O–H groups in total. The fraction of sp³-hybridized carbons (Fsp3) is 0.529. The van der Waals surface area contributed by atoms with Crippen LogP contribution >= 0.6 is 0 Å². The summed E-state index contributed by atoms with van der Waals surface area (Å²) in [4.78, 5) is 26.2. The summed E-state index contributed by atoms with van der Waals surface area (Å²) in [6, 6.07) is 7.33. The molecule has 21 heavy (non-hydrogen) atoms. The molecular formula is C17H24N2O2. The van der Waals surface area contributed by atoms with Gasteiger partial charge in [0.2, 0.25) is 0 Å². The van der Waals surface area contributed by atoms with Crippen LogP contribution in [0.5, 0.6) is 0 Å². The summed E-state index contributed by atoms with van der Waals surface area (Å²) in [5.41, 5.74) is 1.27. The van der Waals surface area contributed by atoms with Crippen molar-refractivity contribution in [3.05, 3.63) is 35.4 Å². The number of hydrogen-bond acceptors (Lipinski definition) is 2. The van der Waals surface area contributed by atoms with Gasteiger partial charge in [-0.15, -0.1) is 0 Å². The van der Waals surface area contributed by atoms with Gasteiger partial charge in [0.05, 0.1) is 0 Å². The first-order valence-electron chi connectivity index (χ1n) is 7.86. The van der Waals surface area contributed by atoms with Crippen molar-refractivity contribution >= 4 is 11.8 Å². The lowest BCUT2D eigenvalue weighted by Gasteiger charge is -2.21. The fourth-order valence-electron chi connectivity index (χ4n) is 2.30. The summed E-state index contributed by atoms with van der Waals surface area (Å²) in [5.74, 6) is 0.00308. The van der Waals surface area contributed by atoms with Gasteiger partial charge in [-0.05, 0) is 49.9 Å². The Bertz CT molecular complexity index is 486. The molecule has 0 heterocycles. The smallest absolute Gasteiger partial charge is 0.253 e. The van der Waals surface area contributed by atoms with Crippen molar-refractivity contribution < 1.29 is 9.59 Å². The third kappa shape index (κ3) is 4.31. The number of benzene rings is 1. The maximum atomic E-state index is 12.4. The second-order valence-corrected chi connectivity index (χ2v) is 5.62. The van der Waals surface area contributed by atoms with E-state index in [1.807, 2.05) is 4.90 Å². The molecule has 4 nitrogen and oxygen atoms in total. The molecule has 4 heteroatoms. The Hall–Kier alpha value is -1.84. The van der Waals surface area contributed by atoms with Gasteiger partial charge in [0.25, 0.3) is 11.8 Å². The predicted molar refractivity (Wildman–Crippen MR) is 83.4 cm³/mol. The maximum absolute atomic E-state index is 12.4. The molecule has 0 bridgehead atoms. The summed E-state index contributed by atoms with van der Waals surface area (Å²) < 4.78 is 0. The largest absolute Gasteiger partial charge is 0.349 e. The highest BCUT2D eigenvalue weighted by Gasteiger charge is 2.24. The molecule has 0 saturated heterocycles. The molecule has 1 aromatic carbocycles. The molecule has 0 atom stereocenters. The lowest BCUT2D eigenvalue weighted by atomic mass is 10.1. The number of hydrogen-bond donors (Lipinski definition) is 1. The zero-order valence-electron chi connectivity index (χ0n) is 12.9. The Kier molecular flexibility index (Phi) is 5.37. The van der Waals surface area contributed by atoms with Gasteiger partial charge in [-0.3, -0.25) is 9.59 Å². The molecule has 0 spiro atoms. The molecule has 1 saturated carbocycles. The van der Waals surface area contributed by atoms with Crippen molar-refractivity contribution in [3.63, 3.8) is 0 Å². The monoisotopic (exact) mass is 288 g/mol. The molecule has 1 aliphatic carbocycles. The molecule has 2 amide bonds. The van der Waals surface area contributed by atoms with Crippen LogP contribution in [0.4, 0.5) is 0 Å². The van der Waals surface area contributed by atoms with E-state index in [2.05, 4.69) is 19.2 Å². The summed E-state index contributed by atoms with van der Waals surface area (Å²) in [7, 11) is 0. The van der Waals surface area contributed by atoms with Crippen molar-refractivity contribution in [1.82, 2.24) is 10.2 Å². The highest BCUT2D eigenvalue weighted by Crippen LogP contribution is 2.19. The average molecular weight is 288 g/mol. The molecule has 0 unspecified atom stereocenters. The third-order valence-corrected chi connectivity index (χ3v) is 3.58. The molecule has 0 radical (unpaired) electrons. The molecule has 1 aromatic rings. The Morgan fingerprint density at radius 3 is 2.05 bits per heavy atom. The number of rotatable bonds is 7. The quantitative estimate of drug-likeness (QED) is 0.838. The standard InChI is InChI=1S/C17H24N2O2/c1-3-11-19(12-4-2)17(21)14-7-5-13(6-8-14)16(20)18-15-9-10-15/h5-8,15H,3-4,9-12H2,1-2H3,(H,18,20). The summed E-state index contributed by atoms with van der Waals surface area (Å²) in [6.45, 7) is 5.69. The molecule has 2 rings (SSSR count). The zero-order valence-corrected chi connectivity index (χ0v) is 12.9. The van der Waals surface area contributed by atoms with Crippen molar-refractivity contribution in [3.8, 4) is 0 Å². The van der Waals surface area contributed by atoms with Crippen LogP contribution in [0.3, 0.4) is 0 Å². The lowest BCUT2D eigenvalue weighted by molar-refractivity contribution is 0.0755. The third-order valence-electron chi connectivity index (χ3n) is 3.58. The van der Waals surface area contributed by atoms with Gasteiger partial charge >= 0.3 is 0 Å².